The highest BCUT2D eigenvalue weighted by Crippen LogP contribution is 2.21. The van der Waals surface area contributed by atoms with E-state index >= 15 is 0 Å². The van der Waals surface area contributed by atoms with Crippen LogP contribution in [-0.2, 0) is 14.8 Å². The zero-order valence-corrected chi connectivity index (χ0v) is 16.2. The summed E-state index contributed by atoms with van der Waals surface area (Å²) in [6.07, 6.45) is 0. The highest BCUT2D eigenvalue weighted by atomic mass is 32.2. The van der Waals surface area contributed by atoms with E-state index < -0.39 is 16.1 Å². The third-order valence-corrected chi connectivity index (χ3v) is 5.35. The average Bonchev–Trinajstić information content (AvgIpc) is 2.55. The van der Waals surface area contributed by atoms with Gasteiger partial charge in [0.25, 0.3) is 10.0 Å². The van der Waals surface area contributed by atoms with Crippen LogP contribution in [0.2, 0.25) is 0 Å². The molecule has 0 fully saturated rings. The molecule has 0 aromatic heterocycles. The Labute approximate surface area is 154 Å². The molecule has 140 valence electrons. The molecular weight excluding hydrogens is 350 g/mol. The van der Waals surface area contributed by atoms with Gasteiger partial charge in [-0.05, 0) is 48.7 Å². The second kappa shape index (κ2) is 7.47. The van der Waals surface area contributed by atoms with Crippen molar-refractivity contribution >= 4 is 27.3 Å². The Morgan fingerprint density at radius 3 is 1.96 bits per heavy atom. The largest absolute Gasteiger partial charge is 0.325 e. The third-order valence-electron chi connectivity index (χ3n) is 3.95. The van der Waals surface area contributed by atoms with Crippen molar-refractivity contribution in [3.63, 3.8) is 0 Å². The van der Waals surface area contributed by atoms with Crippen molar-refractivity contribution in [2.75, 3.05) is 10.0 Å². The van der Waals surface area contributed by atoms with Crippen LogP contribution in [0.25, 0.3) is 0 Å². The van der Waals surface area contributed by atoms with Crippen LogP contribution in [0.15, 0.2) is 53.4 Å². The van der Waals surface area contributed by atoms with Crippen molar-refractivity contribution in [3.05, 3.63) is 54.1 Å². The number of hydrogen-bond donors (Lipinski definition) is 3. The van der Waals surface area contributed by atoms with E-state index in [1.54, 1.807) is 48.5 Å². The molecule has 2 aromatic carbocycles. The molecule has 0 saturated carbocycles. The number of sulfonamides is 1. The molecule has 7 heteroatoms. The van der Waals surface area contributed by atoms with E-state index in [2.05, 4.69) is 10.0 Å². The predicted octanol–water partition coefficient (Wildman–Crippen LogP) is 3.11. The minimum Gasteiger partial charge on any atom is -0.325 e. The molecule has 6 nitrogen and oxygen atoms in total. The first-order valence-corrected chi connectivity index (χ1v) is 9.73. The summed E-state index contributed by atoms with van der Waals surface area (Å²) in [5.74, 6) is -0.287. The Kier molecular flexibility index (Phi) is 5.73. The molecule has 4 N–H and O–H groups in total. The van der Waals surface area contributed by atoms with Gasteiger partial charge in [-0.2, -0.15) is 0 Å². The number of benzene rings is 2. The maximum absolute atomic E-state index is 12.4. The van der Waals surface area contributed by atoms with Gasteiger partial charge < -0.3 is 11.1 Å². The number of carbonyl (C=O) groups is 1. The average molecular weight is 375 g/mol. The number of nitrogens with two attached hydrogens (primary N) is 1. The number of rotatable bonds is 5. The molecule has 0 bridgehead atoms. The maximum Gasteiger partial charge on any atom is 0.261 e. The standard InChI is InChI=1S/C19H25N3O3S/c1-13-5-11-16(12-6-13)26(24,25)22-15-9-7-14(8-10-15)21-18(23)17(20)19(2,3)4/h5-12,17,22H,20H2,1-4H3,(H,21,23)/t17-/m1/s1. The molecule has 0 aliphatic heterocycles. The quantitative estimate of drug-likeness (QED) is 0.747. The fourth-order valence-corrected chi connectivity index (χ4v) is 3.23. The highest BCUT2D eigenvalue weighted by Gasteiger charge is 2.27. The molecule has 1 atom stereocenters. The molecule has 2 rings (SSSR count). The summed E-state index contributed by atoms with van der Waals surface area (Å²) >= 11 is 0. The second-order valence-corrected chi connectivity index (χ2v) is 9.01. The van der Waals surface area contributed by atoms with Crippen molar-refractivity contribution in [2.24, 2.45) is 11.1 Å². The topological polar surface area (TPSA) is 101 Å². The van der Waals surface area contributed by atoms with E-state index in [-0.39, 0.29) is 16.2 Å². The van der Waals surface area contributed by atoms with Crippen LogP contribution in [-0.4, -0.2) is 20.4 Å². The summed E-state index contributed by atoms with van der Waals surface area (Å²) in [7, 11) is -3.66. The molecule has 0 radical (unpaired) electrons. The van der Waals surface area contributed by atoms with Crippen molar-refractivity contribution in [3.8, 4) is 0 Å². The lowest BCUT2D eigenvalue weighted by Gasteiger charge is -2.25. The van der Waals surface area contributed by atoms with Gasteiger partial charge in [0.15, 0.2) is 0 Å². The monoisotopic (exact) mass is 375 g/mol. The fourth-order valence-electron chi connectivity index (χ4n) is 2.17. The van der Waals surface area contributed by atoms with Crippen molar-refractivity contribution < 1.29 is 13.2 Å². The van der Waals surface area contributed by atoms with Gasteiger partial charge in [-0.1, -0.05) is 38.5 Å². The molecule has 0 saturated heterocycles. The third kappa shape index (κ3) is 5.06. The molecule has 26 heavy (non-hydrogen) atoms. The molecular formula is C19H25N3O3S. The summed E-state index contributed by atoms with van der Waals surface area (Å²) < 4.78 is 27.3. The van der Waals surface area contributed by atoms with Crippen LogP contribution in [0, 0.1) is 12.3 Å². The van der Waals surface area contributed by atoms with Crippen LogP contribution in [0.4, 0.5) is 11.4 Å². The molecule has 0 unspecified atom stereocenters. The molecule has 0 spiro atoms. The van der Waals surface area contributed by atoms with Gasteiger partial charge in [-0.3, -0.25) is 9.52 Å². The van der Waals surface area contributed by atoms with Gasteiger partial charge in [0.1, 0.15) is 0 Å². The Bertz CT molecular complexity index is 868. The van der Waals surface area contributed by atoms with Crippen LogP contribution in [0.1, 0.15) is 26.3 Å². The number of nitrogens with one attached hydrogen (secondary N) is 2. The molecule has 1 amide bonds. The first kappa shape index (κ1) is 19.9. The SMILES string of the molecule is Cc1ccc(S(=O)(=O)Nc2ccc(NC(=O)[C@@H](N)C(C)(C)C)cc2)cc1. The molecule has 0 aliphatic carbocycles. The van der Waals surface area contributed by atoms with Gasteiger partial charge in [0.2, 0.25) is 5.91 Å². The summed E-state index contributed by atoms with van der Waals surface area (Å²) in [5, 5.41) is 2.74. The molecule has 0 heterocycles. The zero-order valence-electron chi connectivity index (χ0n) is 15.4. The van der Waals surface area contributed by atoms with E-state index in [4.69, 9.17) is 5.73 Å². The van der Waals surface area contributed by atoms with Crippen molar-refractivity contribution in [2.45, 2.75) is 38.6 Å². The van der Waals surface area contributed by atoms with Crippen LogP contribution < -0.4 is 15.8 Å². The van der Waals surface area contributed by atoms with Crippen LogP contribution >= 0.6 is 0 Å². The summed E-state index contributed by atoms with van der Waals surface area (Å²) in [4.78, 5) is 12.3. The number of anilines is 2. The lowest BCUT2D eigenvalue weighted by atomic mass is 9.87. The maximum atomic E-state index is 12.4. The molecule has 0 aliphatic rings. The lowest BCUT2D eigenvalue weighted by molar-refractivity contribution is -0.119. The van der Waals surface area contributed by atoms with E-state index in [9.17, 15) is 13.2 Å². The van der Waals surface area contributed by atoms with Crippen LogP contribution in [0.5, 0.6) is 0 Å². The van der Waals surface area contributed by atoms with Crippen molar-refractivity contribution in [1.82, 2.24) is 0 Å². The minimum absolute atomic E-state index is 0.191. The smallest absolute Gasteiger partial charge is 0.261 e. The second-order valence-electron chi connectivity index (χ2n) is 7.33. The first-order chi connectivity index (χ1) is 12.0. The van der Waals surface area contributed by atoms with Crippen molar-refractivity contribution in [1.29, 1.82) is 0 Å². The van der Waals surface area contributed by atoms with Gasteiger partial charge in [-0.25, -0.2) is 8.42 Å². The van der Waals surface area contributed by atoms with Crippen LogP contribution in [0.3, 0.4) is 0 Å². The summed E-state index contributed by atoms with van der Waals surface area (Å²) in [6.45, 7) is 7.56. The normalized spacial score (nSPS) is 13.1. The number of hydrogen-bond acceptors (Lipinski definition) is 4. The summed E-state index contributed by atoms with van der Waals surface area (Å²) in [6, 6.07) is 12.4. The Morgan fingerprint density at radius 2 is 1.46 bits per heavy atom. The number of carbonyl (C=O) groups excluding carboxylic acids is 1. The zero-order chi connectivity index (χ0) is 19.5. The number of amides is 1. The highest BCUT2D eigenvalue weighted by molar-refractivity contribution is 7.92. The Balaban J connectivity index is 2.08. The Morgan fingerprint density at radius 1 is 0.962 bits per heavy atom. The van der Waals surface area contributed by atoms with Gasteiger partial charge in [-0.15, -0.1) is 0 Å². The van der Waals surface area contributed by atoms with Gasteiger partial charge in [0.05, 0.1) is 10.9 Å². The van der Waals surface area contributed by atoms with Gasteiger partial charge in [0, 0.05) is 11.4 Å². The molecule has 2 aromatic rings. The number of aryl methyl sites for hydroxylation is 1. The van der Waals surface area contributed by atoms with E-state index in [1.165, 1.54) is 0 Å². The Hall–Kier alpha value is -2.38. The first-order valence-electron chi connectivity index (χ1n) is 8.25. The van der Waals surface area contributed by atoms with E-state index in [1.807, 2.05) is 27.7 Å². The predicted molar refractivity (Wildman–Crippen MR) is 104 cm³/mol. The van der Waals surface area contributed by atoms with E-state index in [0.717, 1.165) is 5.56 Å². The fraction of sp³-hybridized carbons (Fsp3) is 0.316. The summed E-state index contributed by atoms with van der Waals surface area (Å²) in [5.41, 5.74) is 7.51. The lowest BCUT2D eigenvalue weighted by Crippen LogP contribution is -2.45. The minimum atomic E-state index is -3.66. The van der Waals surface area contributed by atoms with Gasteiger partial charge >= 0.3 is 0 Å². The van der Waals surface area contributed by atoms with E-state index in [0.29, 0.717) is 11.4 Å².